The first-order valence-corrected chi connectivity index (χ1v) is 8.59. The number of carbonyl (C=O) groups excluding carboxylic acids is 1. The van der Waals surface area contributed by atoms with Gasteiger partial charge in [0.15, 0.2) is 23.0 Å². The van der Waals surface area contributed by atoms with Gasteiger partial charge < -0.3 is 29.6 Å². The van der Waals surface area contributed by atoms with Crippen molar-refractivity contribution in [1.82, 2.24) is 5.32 Å². The first-order valence-electron chi connectivity index (χ1n) is 8.59. The van der Waals surface area contributed by atoms with E-state index < -0.39 is 0 Å². The zero-order valence-corrected chi connectivity index (χ0v) is 15.9. The van der Waals surface area contributed by atoms with Crippen molar-refractivity contribution in [3.63, 3.8) is 0 Å². The standard InChI is InChI=1S/C20H24N2O5/c1-24-15-7-5-13(11-17(15)26-3)20(9-10-20)22-19(23)21-14-6-8-16(25-2)18(12-14)27-4/h5-8,11-12H,9-10H2,1-4H3,(H2,21,22,23). The molecule has 0 aromatic heterocycles. The molecule has 1 saturated carbocycles. The molecule has 0 saturated heterocycles. The molecular weight excluding hydrogens is 348 g/mol. The summed E-state index contributed by atoms with van der Waals surface area (Å²) in [4.78, 5) is 12.5. The molecule has 0 heterocycles. The largest absolute Gasteiger partial charge is 0.493 e. The summed E-state index contributed by atoms with van der Waals surface area (Å²) < 4.78 is 21.1. The smallest absolute Gasteiger partial charge is 0.319 e. The second-order valence-corrected chi connectivity index (χ2v) is 6.30. The molecule has 2 aromatic carbocycles. The molecule has 0 unspecified atom stereocenters. The molecule has 0 bridgehead atoms. The van der Waals surface area contributed by atoms with Gasteiger partial charge in [-0.2, -0.15) is 0 Å². The molecule has 7 nitrogen and oxygen atoms in total. The monoisotopic (exact) mass is 372 g/mol. The molecule has 144 valence electrons. The van der Waals surface area contributed by atoms with Crippen LogP contribution in [0.2, 0.25) is 0 Å². The van der Waals surface area contributed by atoms with Crippen molar-refractivity contribution in [2.24, 2.45) is 0 Å². The summed E-state index contributed by atoms with van der Waals surface area (Å²) in [5, 5.41) is 5.91. The van der Waals surface area contributed by atoms with Crippen LogP contribution >= 0.6 is 0 Å². The molecule has 2 N–H and O–H groups in total. The first kappa shape index (κ1) is 18.7. The average Bonchev–Trinajstić information content (AvgIpc) is 3.47. The van der Waals surface area contributed by atoms with Crippen molar-refractivity contribution in [3.8, 4) is 23.0 Å². The number of methoxy groups -OCH3 is 4. The number of rotatable bonds is 7. The van der Waals surface area contributed by atoms with Crippen LogP contribution in [0.5, 0.6) is 23.0 Å². The van der Waals surface area contributed by atoms with Crippen LogP contribution in [0, 0.1) is 0 Å². The van der Waals surface area contributed by atoms with Gasteiger partial charge in [-0.25, -0.2) is 4.79 Å². The molecule has 2 amide bonds. The second kappa shape index (κ2) is 7.65. The summed E-state index contributed by atoms with van der Waals surface area (Å²) in [6, 6.07) is 10.6. The maximum Gasteiger partial charge on any atom is 0.319 e. The van der Waals surface area contributed by atoms with E-state index in [1.54, 1.807) is 46.6 Å². The molecule has 1 aliphatic carbocycles. The number of hydrogen-bond acceptors (Lipinski definition) is 5. The van der Waals surface area contributed by atoms with E-state index in [4.69, 9.17) is 18.9 Å². The van der Waals surface area contributed by atoms with E-state index in [1.165, 1.54) is 0 Å². The number of carbonyl (C=O) groups is 1. The quantitative estimate of drug-likeness (QED) is 0.777. The van der Waals surface area contributed by atoms with Gasteiger partial charge in [-0.3, -0.25) is 0 Å². The Morgan fingerprint density at radius 2 is 1.37 bits per heavy atom. The van der Waals surface area contributed by atoms with Crippen LogP contribution in [-0.2, 0) is 5.54 Å². The Hall–Kier alpha value is -3.09. The van der Waals surface area contributed by atoms with Crippen molar-refractivity contribution in [1.29, 1.82) is 0 Å². The van der Waals surface area contributed by atoms with E-state index in [9.17, 15) is 4.79 Å². The van der Waals surface area contributed by atoms with E-state index >= 15 is 0 Å². The maximum absolute atomic E-state index is 12.5. The number of ether oxygens (including phenoxy) is 4. The van der Waals surface area contributed by atoms with Crippen LogP contribution in [0.4, 0.5) is 10.5 Å². The van der Waals surface area contributed by atoms with E-state index in [0.29, 0.717) is 28.7 Å². The van der Waals surface area contributed by atoms with Gasteiger partial charge >= 0.3 is 6.03 Å². The van der Waals surface area contributed by atoms with Crippen LogP contribution in [0.15, 0.2) is 36.4 Å². The molecule has 0 radical (unpaired) electrons. The van der Waals surface area contributed by atoms with E-state index in [-0.39, 0.29) is 11.6 Å². The third kappa shape index (κ3) is 3.86. The predicted octanol–water partition coefficient (Wildman–Crippen LogP) is 3.53. The minimum Gasteiger partial charge on any atom is -0.493 e. The molecule has 3 rings (SSSR count). The number of urea groups is 1. The minimum atomic E-state index is -0.389. The number of nitrogens with one attached hydrogen (secondary N) is 2. The highest BCUT2D eigenvalue weighted by atomic mass is 16.5. The summed E-state index contributed by atoms with van der Waals surface area (Å²) >= 11 is 0. The Morgan fingerprint density at radius 1 is 0.815 bits per heavy atom. The molecule has 0 aliphatic heterocycles. The second-order valence-electron chi connectivity index (χ2n) is 6.30. The van der Waals surface area contributed by atoms with Crippen LogP contribution in [0.25, 0.3) is 0 Å². The van der Waals surface area contributed by atoms with Gasteiger partial charge in [-0.15, -0.1) is 0 Å². The fourth-order valence-corrected chi connectivity index (χ4v) is 3.04. The summed E-state index contributed by atoms with van der Waals surface area (Å²) in [5.74, 6) is 2.46. The van der Waals surface area contributed by atoms with Gasteiger partial charge in [0.25, 0.3) is 0 Å². The lowest BCUT2D eigenvalue weighted by atomic mass is 10.0. The van der Waals surface area contributed by atoms with Crippen molar-refractivity contribution in [3.05, 3.63) is 42.0 Å². The third-order valence-corrected chi connectivity index (χ3v) is 4.68. The minimum absolute atomic E-state index is 0.283. The topological polar surface area (TPSA) is 78.1 Å². The summed E-state index contributed by atoms with van der Waals surface area (Å²) in [7, 11) is 6.31. The first-order chi connectivity index (χ1) is 13.0. The zero-order valence-electron chi connectivity index (χ0n) is 15.9. The lowest BCUT2D eigenvalue weighted by Crippen LogP contribution is -2.38. The highest BCUT2D eigenvalue weighted by molar-refractivity contribution is 5.90. The molecule has 1 fully saturated rings. The van der Waals surface area contributed by atoms with Crippen molar-refractivity contribution in [2.75, 3.05) is 33.8 Å². The van der Waals surface area contributed by atoms with Crippen molar-refractivity contribution >= 4 is 11.7 Å². The lowest BCUT2D eigenvalue weighted by molar-refractivity contribution is 0.247. The fraction of sp³-hybridized carbons (Fsp3) is 0.350. The third-order valence-electron chi connectivity index (χ3n) is 4.68. The Morgan fingerprint density at radius 3 is 1.93 bits per heavy atom. The van der Waals surface area contributed by atoms with Gasteiger partial charge in [-0.1, -0.05) is 6.07 Å². The normalized spacial score (nSPS) is 14.1. The number of anilines is 1. The number of benzene rings is 2. The molecule has 1 aliphatic rings. The van der Waals surface area contributed by atoms with Crippen LogP contribution in [0.3, 0.4) is 0 Å². The average molecular weight is 372 g/mol. The summed E-state index contributed by atoms with van der Waals surface area (Å²) in [6.45, 7) is 0. The highest BCUT2D eigenvalue weighted by Crippen LogP contribution is 2.47. The number of amides is 2. The molecule has 2 aromatic rings. The van der Waals surface area contributed by atoms with E-state index in [2.05, 4.69) is 10.6 Å². The Bertz CT molecular complexity index is 833. The summed E-state index contributed by atoms with van der Waals surface area (Å²) in [6.07, 6.45) is 1.73. The van der Waals surface area contributed by atoms with Gasteiger partial charge in [0.05, 0.1) is 34.0 Å². The van der Waals surface area contributed by atoms with Crippen molar-refractivity contribution in [2.45, 2.75) is 18.4 Å². The predicted molar refractivity (Wildman–Crippen MR) is 102 cm³/mol. The molecule has 27 heavy (non-hydrogen) atoms. The van der Waals surface area contributed by atoms with Crippen LogP contribution in [-0.4, -0.2) is 34.5 Å². The highest BCUT2D eigenvalue weighted by Gasteiger charge is 2.46. The van der Waals surface area contributed by atoms with Crippen molar-refractivity contribution < 1.29 is 23.7 Å². The Kier molecular flexibility index (Phi) is 5.30. The van der Waals surface area contributed by atoms with Crippen LogP contribution in [0.1, 0.15) is 18.4 Å². The van der Waals surface area contributed by atoms with Gasteiger partial charge in [-0.05, 0) is 42.7 Å². The molecule has 7 heteroatoms. The van der Waals surface area contributed by atoms with E-state index in [0.717, 1.165) is 18.4 Å². The lowest BCUT2D eigenvalue weighted by Gasteiger charge is -2.20. The Labute approximate surface area is 158 Å². The Balaban J connectivity index is 1.72. The van der Waals surface area contributed by atoms with E-state index in [1.807, 2.05) is 18.2 Å². The maximum atomic E-state index is 12.5. The molecule has 0 atom stereocenters. The fourth-order valence-electron chi connectivity index (χ4n) is 3.04. The van der Waals surface area contributed by atoms with Crippen LogP contribution < -0.4 is 29.6 Å². The SMILES string of the molecule is COc1ccc(NC(=O)NC2(c3ccc(OC)c(OC)c3)CC2)cc1OC. The van der Waals surface area contributed by atoms with Gasteiger partial charge in [0, 0.05) is 11.8 Å². The summed E-state index contributed by atoms with van der Waals surface area (Å²) in [5.41, 5.74) is 1.22. The number of hydrogen-bond donors (Lipinski definition) is 2. The molecular formula is C20H24N2O5. The zero-order chi connectivity index (χ0) is 19.4. The van der Waals surface area contributed by atoms with Gasteiger partial charge in [0.1, 0.15) is 0 Å². The molecule has 0 spiro atoms. The van der Waals surface area contributed by atoms with Gasteiger partial charge in [0.2, 0.25) is 0 Å².